The first-order chi connectivity index (χ1) is 39.4. The Labute approximate surface area is 476 Å². The van der Waals surface area contributed by atoms with Crippen LogP contribution in [0.5, 0.6) is 0 Å². The minimum absolute atomic E-state index is 0.0239. The summed E-state index contributed by atoms with van der Waals surface area (Å²) in [5.41, 5.74) is -4.94. The number of carbonyl (C=O) groups is 5. The Kier molecular flexibility index (Phi) is 21.3. The van der Waals surface area contributed by atoms with Crippen molar-refractivity contribution in [1.29, 1.82) is 5.41 Å². The van der Waals surface area contributed by atoms with E-state index in [0.717, 1.165) is 33.5 Å². The molecule has 458 valence electrons. The topological polar surface area (TPSA) is 240 Å². The Bertz CT molecular complexity index is 2910. The number of ether oxygens (including phenoxy) is 3. The van der Waals surface area contributed by atoms with E-state index in [4.69, 9.17) is 10.1 Å². The molecule has 4 heterocycles. The summed E-state index contributed by atoms with van der Waals surface area (Å²) >= 11 is 0. The van der Waals surface area contributed by atoms with Crippen LogP contribution in [0, 0.1) is 39.7 Å². The maximum Gasteiger partial charge on any atom is 0.407 e. The summed E-state index contributed by atoms with van der Waals surface area (Å²) in [4.78, 5) is 74.9. The van der Waals surface area contributed by atoms with E-state index in [9.17, 15) is 64.2 Å². The van der Waals surface area contributed by atoms with Crippen LogP contribution in [0.2, 0.25) is 0 Å². The van der Waals surface area contributed by atoms with Crippen LogP contribution in [0.25, 0.3) is 5.57 Å². The fourth-order valence-electron chi connectivity index (χ4n) is 9.73. The fraction of sp³-hybridized carbons (Fsp3) is 0.509. The number of hydrazine groups is 1. The Morgan fingerprint density at radius 3 is 1.86 bits per heavy atom. The molecule has 3 aliphatic rings. The van der Waals surface area contributed by atoms with Crippen molar-refractivity contribution in [3.05, 3.63) is 100 Å². The van der Waals surface area contributed by atoms with Crippen LogP contribution < -0.4 is 31.6 Å². The highest BCUT2D eigenvalue weighted by atomic mass is 19.4. The lowest BCUT2D eigenvalue weighted by molar-refractivity contribution is -0.221. The number of hydrogen-bond acceptors (Lipinski definition) is 14. The number of alkyl carbamates (subject to hydrolysis) is 2. The van der Waals surface area contributed by atoms with Gasteiger partial charge in [0.15, 0.2) is 0 Å². The number of alkyl halides is 8. The molecular weight excluding hydrogens is 1130 g/mol. The predicted molar refractivity (Wildman–Crippen MR) is 282 cm³/mol. The molecule has 3 unspecified atom stereocenters. The molecule has 0 spiro atoms. The van der Waals surface area contributed by atoms with Crippen molar-refractivity contribution in [2.75, 3.05) is 45.4 Å². The van der Waals surface area contributed by atoms with Crippen molar-refractivity contribution in [2.24, 2.45) is 10.8 Å². The smallest absolute Gasteiger partial charge is 0.407 e. The van der Waals surface area contributed by atoms with Crippen LogP contribution in [0.1, 0.15) is 81.2 Å². The number of piperazine rings is 1. The van der Waals surface area contributed by atoms with Gasteiger partial charge in [-0.3, -0.25) is 19.8 Å². The number of aliphatic hydroxyl groups is 1. The van der Waals surface area contributed by atoms with E-state index in [-0.39, 0.29) is 23.6 Å². The zero-order valence-corrected chi connectivity index (χ0v) is 46.3. The molecule has 0 radical (unpaired) electrons. The first-order valence-electron chi connectivity index (χ1n) is 26.2. The van der Waals surface area contributed by atoms with Crippen molar-refractivity contribution in [3.8, 4) is 11.8 Å². The van der Waals surface area contributed by atoms with E-state index in [1.807, 2.05) is 21.7 Å². The number of fused-ring (bicyclic) bond motifs is 2. The summed E-state index contributed by atoms with van der Waals surface area (Å²) in [5, 5.41) is 27.6. The van der Waals surface area contributed by atoms with E-state index in [2.05, 4.69) is 36.5 Å². The van der Waals surface area contributed by atoms with Crippen molar-refractivity contribution in [3.63, 3.8) is 0 Å². The van der Waals surface area contributed by atoms with Gasteiger partial charge in [0.2, 0.25) is 5.91 Å². The highest BCUT2D eigenvalue weighted by Crippen LogP contribution is 2.42. The van der Waals surface area contributed by atoms with Gasteiger partial charge >= 0.3 is 31.1 Å². The molecule has 5 amide bonds. The summed E-state index contributed by atoms with van der Waals surface area (Å²) in [7, 11) is 1.58. The normalized spacial score (nSPS) is 18.9. The van der Waals surface area contributed by atoms with Crippen molar-refractivity contribution >= 4 is 47.5 Å². The standard InChI is InChI=1S/C55H64F10N10O9/c1-52(2,54(60,61)62)44(70-50(80)82-5)46(77)69-40(20-31-12-9-30(10-13-31)11-14-32-15-18-43(67-24-32)73-26-35-16-17-36(27-73)75(35)48(79)42-8-7-19-84-42)41(76)29-74(72-47(78)45(71-51(81)83-6)53(3,4)55(63,64)65)28-37-38(56)21-33(22-39(37)57)34(23-66)25-68-49(58)59/h9-10,12-13,15,18,21-25,35-36,40-42,44-45,49,66,68,76H,7-8,16-17,19-20,26-29H2,1-6H3,(H,69,77)(H,70,80)(H,71,81)(H,72,78)/b34-25+,66-23?/t35?,36?,40-,41-,42?,44+,45+/m0/s1. The minimum atomic E-state index is -5.25. The molecule has 6 rings (SSSR count). The second-order valence-corrected chi connectivity index (χ2v) is 21.3. The summed E-state index contributed by atoms with van der Waals surface area (Å²) in [6, 6.07) is 3.85. The van der Waals surface area contributed by atoms with Gasteiger partial charge in [-0.15, -0.1) is 0 Å². The molecule has 3 fully saturated rings. The number of aromatic nitrogens is 1. The van der Waals surface area contributed by atoms with Gasteiger partial charge < -0.3 is 55.8 Å². The molecule has 3 aromatic rings. The molecule has 3 aliphatic heterocycles. The van der Waals surface area contributed by atoms with Crippen LogP contribution in [-0.2, 0) is 41.6 Å². The number of aliphatic hydroxyl groups excluding tert-OH is 1. The number of pyridine rings is 1. The average molecular weight is 1200 g/mol. The molecular formula is C55H64F10N10O9. The number of benzene rings is 2. The van der Waals surface area contributed by atoms with Crippen LogP contribution in [0.15, 0.2) is 60.9 Å². The second kappa shape index (κ2) is 27.3. The molecule has 7 atom stereocenters. The van der Waals surface area contributed by atoms with Crippen LogP contribution in [0.4, 0.5) is 59.3 Å². The Hall–Kier alpha value is -7.71. The summed E-state index contributed by atoms with van der Waals surface area (Å²) in [5.74, 6) is 0.450. The van der Waals surface area contributed by atoms with Gasteiger partial charge in [0.1, 0.15) is 35.6 Å². The molecule has 2 aromatic carbocycles. The van der Waals surface area contributed by atoms with Crippen molar-refractivity contribution < 1.29 is 87.2 Å². The Morgan fingerprint density at radius 2 is 1.37 bits per heavy atom. The zero-order chi connectivity index (χ0) is 62.1. The lowest BCUT2D eigenvalue weighted by Gasteiger charge is -2.42. The fourth-order valence-corrected chi connectivity index (χ4v) is 9.73. The molecule has 84 heavy (non-hydrogen) atoms. The third-order valence-corrected chi connectivity index (χ3v) is 14.9. The van der Waals surface area contributed by atoms with Crippen molar-refractivity contribution in [1.82, 2.24) is 41.6 Å². The summed E-state index contributed by atoms with van der Waals surface area (Å²) in [6.07, 6.45) is -10.7. The highest BCUT2D eigenvalue weighted by Gasteiger charge is 2.57. The number of carbonyl (C=O) groups excluding carboxylic acids is 5. The molecule has 1 aromatic heterocycles. The zero-order valence-electron chi connectivity index (χ0n) is 46.3. The monoisotopic (exact) mass is 1200 g/mol. The van der Waals surface area contributed by atoms with Crippen LogP contribution >= 0.6 is 0 Å². The number of amides is 5. The van der Waals surface area contributed by atoms with Crippen molar-refractivity contribution in [2.45, 2.75) is 128 Å². The number of anilines is 1. The number of methoxy groups -OCH3 is 2. The molecule has 0 saturated carbocycles. The summed E-state index contributed by atoms with van der Waals surface area (Å²) in [6.45, 7) is -1.55. The SMILES string of the molecule is COC(=O)N[C@H](C(=O)N[C@@H](Cc1ccc(C#Cc2ccc(N3CC4CCC(C3)N4C(=O)C3CCCO3)nc2)cc1)[C@@H](O)CN(Cc1c(F)cc(/C(C=N)=C/NC(F)F)cc1F)NC(=O)[C@@H](NC(=O)OC)C(C)(C)C(F)(F)F)C(C)(C)C(F)(F)F. The van der Waals surface area contributed by atoms with Gasteiger partial charge in [0.25, 0.3) is 11.8 Å². The Morgan fingerprint density at radius 1 is 0.821 bits per heavy atom. The Balaban J connectivity index is 1.31. The quantitative estimate of drug-likeness (QED) is 0.0199. The number of halogens is 10. The maximum absolute atomic E-state index is 16.0. The van der Waals surface area contributed by atoms with Gasteiger partial charge in [-0.05, 0) is 107 Å². The average Bonchev–Trinajstić information content (AvgIpc) is 2.75. The highest BCUT2D eigenvalue weighted by molar-refractivity contribution is 6.08. The molecule has 2 bridgehead atoms. The van der Waals surface area contributed by atoms with Crippen LogP contribution in [-0.4, -0.2) is 158 Å². The van der Waals surface area contributed by atoms with E-state index >= 15 is 8.78 Å². The van der Waals surface area contributed by atoms with Gasteiger partial charge in [-0.25, -0.2) is 28.4 Å². The summed E-state index contributed by atoms with van der Waals surface area (Å²) < 4.78 is 160. The molecule has 3 saturated heterocycles. The first-order valence-corrected chi connectivity index (χ1v) is 26.2. The largest absolute Gasteiger partial charge is 0.453 e. The number of hydrogen-bond donors (Lipinski definition) is 7. The van der Waals surface area contributed by atoms with Gasteiger partial charge in [-0.1, -0.05) is 24.0 Å². The van der Waals surface area contributed by atoms with Gasteiger partial charge in [0.05, 0.1) is 37.2 Å². The van der Waals surface area contributed by atoms with E-state index in [1.165, 1.54) is 24.3 Å². The van der Waals surface area contributed by atoms with E-state index in [1.54, 1.807) is 22.9 Å². The number of rotatable bonds is 21. The van der Waals surface area contributed by atoms with Gasteiger partial charge in [0, 0.05) is 85.7 Å². The maximum atomic E-state index is 16.0. The third-order valence-electron chi connectivity index (χ3n) is 14.9. The molecule has 0 aliphatic carbocycles. The predicted octanol–water partition coefficient (Wildman–Crippen LogP) is 6.47. The molecule has 19 nitrogen and oxygen atoms in total. The molecule has 29 heteroatoms. The minimum Gasteiger partial charge on any atom is -0.453 e. The number of nitrogens with zero attached hydrogens (tertiary/aromatic N) is 4. The first kappa shape index (κ1) is 65.4. The van der Waals surface area contributed by atoms with Gasteiger partial charge in [-0.2, -0.15) is 35.1 Å². The van der Waals surface area contributed by atoms with Crippen LogP contribution in [0.3, 0.4) is 0 Å². The lowest BCUT2D eigenvalue weighted by Crippen LogP contribution is -2.63. The van der Waals surface area contributed by atoms with E-state index in [0.29, 0.717) is 100 Å². The second-order valence-electron chi connectivity index (χ2n) is 21.3. The molecule has 7 N–H and O–H groups in total. The third kappa shape index (κ3) is 15.9. The lowest BCUT2D eigenvalue weighted by atomic mass is 9.82. The number of nitrogens with one attached hydrogen (secondary N) is 6. The van der Waals surface area contributed by atoms with E-state index < -0.39 is 132 Å². The number of allylic oxidation sites excluding steroid dienone is 1.